The molecular formula is C16H15F2NO. The summed E-state index contributed by atoms with van der Waals surface area (Å²) in [6.45, 7) is 1.57. The summed E-state index contributed by atoms with van der Waals surface area (Å²) in [6.07, 6.45) is -0.245. The molecule has 0 heterocycles. The quantitative estimate of drug-likeness (QED) is 0.932. The van der Waals surface area contributed by atoms with Crippen LogP contribution in [0.5, 0.6) is 0 Å². The van der Waals surface area contributed by atoms with E-state index < -0.39 is 17.2 Å². The third-order valence-electron chi connectivity index (χ3n) is 3.34. The van der Waals surface area contributed by atoms with Crippen molar-refractivity contribution < 1.29 is 13.6 Å². The van der Waals surface area contributed by atoms with Gasteiger partial charge in [-0.25, -0.2) is 8.78 Å². The summed E-state index contributed by atoms with van der Waals surface area (Å²) < 4.78 is 26.7. The molecule has 0 bridgehead atoms. The van der Waals surface area contributed by atoms with E-state index in [1.54, 1.807) is 31.2 Å². The lowest BCUT2D eigenvalue weighted by Gasteiger charge is -2.23. The maximum absolute atomic E-state index is 13.6. The van der Waals surface area contributed by atoms with Gasteiger partial charge in [-0.2, -0.15) is 0 Å². The number of hydrogen-bond donors (Lipinski definition) is 1. The fourth-order valence-electron chi connectivity index (χ4n) is 1.99. The van der Waals surface area contributed by atoms with Crippen LogP contribution in [0.4, 0.5) is 8.78 Å². The van der Waals surface area contributed by atoms with Crippen LogP contribution in [0.3, 0.4) is 0 Å². The zero-order valence-corrected chi connectivity index (χ0v) is 11.1. The molecule has 2 nitrogen and oxygen atoms in total. The van der Waals surface area contributed by atoms with Crippen LogP contribution in [0.15, 0.2) is 48.5 Å². The van der Waals surface area contributed by atoms with Gasteiger partial charge in [-0.15, -0.1) is 0 Å². The summed E-state index contributed by atoms with van der Waals surface area (Å²) in [7, 11) is 0. The average Bonchev–Trinajstić information content (AvgIpc) is 2.44. The van der Waals surface area contributed by atoms with Crippen LogP contribution in [0, 0.1) is 11.6 Å². The number of hydrogen-bond acceptors (Lipinski definition) is 2. The Morgan fingerprint density at radius 1 is 1.10 bits per heavy atom. The summed E-state index contributed by atoms with van der Waals surface area (Å²) in [6, 6.07) is 12.6. The molecule has 0 saturated carbocycles. The molecule has 0 fully saturated rings. The van der Waals surface area contributed by atoms with Gasteiger partial charge in [0.15, 0.2) is 17.4 Å². The Kier molecular flexibility index (Phi) is 3.95. The van der Waals surface area contributed by atoms with Crippen molar-refractivity contribution in [1.82, 2.24) is 0 Å². The number of benzene rings is 2. The molecule has 0 aliphatic heterocycles. The van der Waals surface area contributed by atoms with E-state index in [2.05, 4.69) is 0 Å². The molecule has 0 aromatic heterocycles. The molecule has 0 aliphatic carbocycles. The molecule has 1 unspecified atom stereocenters. The van der Waals surface area contributed by atoms with Gasteiger partial charge in [0.2, 0.25) is 0 Å². The summed E-state index contributed by atoms with van der Waals surface area (Å²) in [5, 5.41) is 0. The minimum atomic E-state index is -1.24. The van der Waals surface area contributed by atoms with E-state index in [1.807, 2.05) is 6.07 Å². The van der Waals surface area contributed by atoms with E-state index in [-0.39, 0.29) is 17.8 Å². The summed E-state index contributed by atoms with van der Waals surface area (Å²) in [4.78, 5) is 12.3. The van der Waals surface area contributed by atoms with Crippen molar-refractivity contribution in [1.29, 1.82) is 0 Å². The second-order valence-electron chi connectivity index (χ2n) is 4.88. The minimum Gasteiger partial charge on any atom is -0.315 e. The molecule has 0 saturated heterocycles. The average molecular weight is 275 g/mol. The molecule has 2 N–H and O–H groups in total. The lowest BCUT2D eigenvalue weighted by molar-refractivity contribution is -0.123. The van der Waals surface area contributed by atoms with Gasteiger partial charge in [-0.3, -0.25) is 4.79 Å². The molecule has 0 aliphatic rings. The maximum atomic E-state index is 13.6. The van der Waals surface area contributed by atoms with Crippen LogP contribution in [0.2, 0.25) is 0 Å². The fraction of sp³-hybridized carbons (Fsp3) is 0.188. The van der Waals surface area contributed by atoms with Gasteiger partial charge in [0.1, 0.15) is 0 Å². The van der Waals surface area contributed by atoms with Crippen LogP contribution in [0.25, 0.3) is 0 Å². The largest absolute Gasteiger partial charge is 0.315 e. The molecular weight excluding hydrogens is 260 g/mol. The Morgan fingerprint density at radius 2 is 1.75 bits per heavy atom. The summed E-state index contributed by atoms with van der Waals surface area (Å²) in [5.74, 6) is -2.33. The number of carbonyl (C=O) groups is 1. The van der Waals surface area contributed by atoms with E-state index in [1.165, 1.54) is 12.1 Å². The Morgan fingerprint density at radius 3 is 2.40 bits per heavy atom. The Balaban J connectivity index is 2.26. The molecule has 20 heavy (non-hydrogen) atoms. The first kappa shape index (κ1) is 14.3. The lowest BCUT2D eigenvalue weighted by atomic mass is 9.86. The van der Waals surface area contributed by atoms with Gasteiger partial charge in [-0.05, 0) is 24.1 Å². The predicted molar refractivity (Wildman–Crippen MR) is 73.1 cm³/mol. The van der Waals surface area contributed by atoms with Gasteiger partial charge in [0.25, 0.3) is 0 Å². The zero-order valence-electron chi connectivity index (χ0n) is 11.1. The minimum absolute atomic E-state index is 0.0163. The summed E-state index contributed by atoms with van der Waals surface area (Å²) in [5.41, 5.74) is 5.47. The van der Waals surface area contributed by atoms with Gasteiger partial charge in [0, 0.05) is 6.42 Å². The molecule has 1 atom stereocenters. The van der Waals surface area contributed by atoms with Crippen molar-refractivity contribution in [2.75, 3.05) is 0 Å². The molecule has 0 amide bonds. The van der Waals surface area contributed by atoms with Crippen LogP contribution in [0.1, 0.15) is 18.1 Å². The third-order valence-corrected chi connectivity index (χ3v) is 3.34. The highest BCUT2D eigenvalue weighted by atomic mass is 19.2. The predicted octanol–water partition coefficient (Wildman–Crippen LogP) is 2.95. The van der Waals surface area contributed by atoms with Crippen molar-refractivity contribution in [2.45, 2.75) is 18.9 Å². The normalized spacial score (nSPS) is 13.8. The van der Waals surface area contributed by atoms with Crippen molar-refractivity contribution in [3.05, 3.63) is 71.3 Å². The van der Waals surface area contributed by atoms with Crippen molar-refractivity contribution >= 4 is 5.78 Å². The van der Waals surface area contributed by atoms with Gasteiger partial charge in [0.05, 0.1) is 5.54 Å². The molecule has 0 spiro atoms. The van der Waals surface area contributed by atoms with Crippen molar-refractivity contribution in [3.8, 4) is 0 Å². The first-order chi connectivity index (χ1) is 9.43. The Hall–Kier alpha value is -2.07. The lowest BCUT2D eigenvalue weighted by Crippen LogP contribution is -2.42. The first-order valence-corrected chi connectivity index (χ1v) is 6.23. The second-order valence-corrected chi connectivity index (χ2v) is 4.88. The van der Waals surface area contributed by atoms with E-state index in [0.717, 1.165) is 6.07 Å². The smallest absolute Gasteiger partial charge is 0.162 e. The fourth-order valence-corrected chi connectivity index (χ4v) is 1.99. The highest BCUT2D eigenvalue weighted by molar-refractivity contribution is 5.90. The third kappa shape index (κ3) is 2.75. The number of halogens is 2. The number of Topliss-reactive ketones (excluding diaryl/α,β-unsaturated/α-hetero) is 1. The number of nitrogens with two attached hydrogens (primary N) is 1. The topological polar surface area (TPSA) is 43.1 Å². The van der Waals surface area contributed by atoms with Crippen LogP contribution in [-0.4, -0.2) is 5.78 Å². The van der Waals surface area contributed by atoms with Crippen molar-refractivity contribution in [2.24, 2.45) is 5.73 Å². The molecule has 0 radical (unpaired) electrons. The number of ketones is 1. The highest BCUT2D eigenvalue weighted by Gasteiger charge is 2.30. The molecule has 2 rings (SSSR count). The van der Waals surface area contributed by atoms with Crippen molar-refractivity contribution in [3.63, 3.8) is 0 Å². The zero-order chi connectivity index (χ0) is 14.8. The maximum Gasteiger partial charge on any atom is 0.162 e. The molecule has 2 aromatic rings. The SMILES string of the molecule is CC(N)(C(=O)Cc1cccc(F)c1F)c1ccccc1. The monoisotopic (exact) mass is 275 g/mol. The second kappa shape index (κ2) is 5.51. The van der Waals surface area contributed by atoms with Crippen LogP contribution < -0.4 is 5.73 Å². The number of carbonyl (C=O) groups excluding carboxylic acids is 1. The van der Waals surface area contributed by atoms with Crippen LogP contribution >= 0.6 is 0 Å². The van der Waals surface area contributed by atoms with Gasteiger partial charge >= 0.3 is 0 Å². The van der Waals surface area contributed by atoms with Gasteiger partial charge < -0.3 is 5.73 Å². The summed E-state index contributed by atoms with van der Waals surface area (Å²) >= 11 is 0. The highest BCUT2D eigenvalue weighted by Crippen LogP contribution is 2.22. The van der Waals surface area contributed by atoms with E-state index >= 15 is 0 Å². The first-order valence-electron chi connectivity index (χ1n) is 6.23. The molecule has 104 valence electrons. The van der Waals surface area contributed by atoms with E-state index in [4.69, 9.17) is 5.73 Å². The Labute approximate surface area is 116 Å². The van der Waals surface area contributed by atoms with Crippen LogP contribution in [-0.2, 0) is 16.8 Å². The molecule has 2 aromatic carbocycles. The standard InChI is InChI=1S/C16H15F2NO/c1-16(19,12-7-3-2-4-8-12)14(20)10-11-6-5-9-13(17)15(11)18/h2-9H,10,19H2,1H3. The number of rotatable bonds is 4. The van der Waals surface area contributed by atoms with Gasteiger partial charge in [-0.1, -0.05) is 42.5 Å². The Bertz CT molecular complexity index is 624. The molecule has 4 heteroatoms. The van der Waals surface area contributed by atoms with E-state index in [0.29, 0.717) is 5.56 Å². The van der Waals surface area contributed by atoms with E-state index in [9.17, 15) is 13.6 Å².